The molecule has 3 rings (SSSR count). The molecule has 5 nitrogen and oxygen atoms in total. The summed E-state index contributed by atoms with van der Waals surface area (Å²) in [6.07, 6.45) is 8.41. The van der Waals surface area contributed by atoms with Crippen LogP contribution >= 0.6 is 24.0 Å². The summed E-state index contributed by atoms with van der Waals surface area (Å²) in [5.74, 6) is 2.82. The molecule has 24 heavy (non-hydrogen) atoms. The Balaban J connectivity index is 0.00000208. The molecule has 1 N–H and O–H groups in total. The van der Waals surface area contributed by atoms with Gasteiger partial charge >= 0.3 is 0 Å². The summed E-state index contributed by atoms with van der Waals surface area (Å²) >= 11 is 0. The fourth-order valence-corrected chi connectivity index (χ4v) is 3.03. The first-order valence-electron chi connectivity index (χ1n) is 9.50. The van der Waals surface area contributed by atoms with Crippen molar-refractivity contribution in [3.63, 3.8) is 0 Å². The van der Waals surface area contributed by atoms with E-state index in [4.69, 9.17) is 4.74 Å². The van der Waals surface area contributed by atoms with E-state index in [2.05, 4.69) is 27.2 Å². The number of hydrogen-bond acceptors (Lipinski definition) is 3. The third kappa shape index (κ3) is 7.44. The molecule has 0 atom stereocenters. The first-order valence-corrected chi connectivity index (χ1v) is 9.50. The Bertz CT molecular complexity index is 394. The Morgan fingerprint density at radius 2 is 1.79 bits per heavy atom. The maximum atomic E-state index is 5.72. The largest absolute Gasteiger partial charge is 0.379 e. The van der Waals surface area contributed by atoms with Gasteiger partial charge in [-0.15, -0.1) is 24.0 Å². The number of halogens is 1. The van der Waals surface area contributed by atoms with E-state index in [0.717, 1.165) is 56.7 Å². The van der Waals surface area contributed by atoms with Gasteiger partial charge < -0.3 is 15.0 Å². The predicted molar refractivity (Wildman–Crippen MR) is 110 cm³/mol. The lowest BCUT2D eigenvalue weighted by Gasteiger charge is -2.25. The molecule has 0 amide bonds. The summed E-state index contributed by atoms with van der Waals surface area (Å²) in [6, 6.07) is 0.868. The first kappa shape index (κ1) is 20.2. The van der Waals surface area contributed by atoms with Crippen LogP contribution in [0.3, 0.4) is 0 Å². The third-order valence-electron chi connectivity index (χ3n) is 5.13. The highest BCUT2D eigenvalue weighted by Crippen LogP contribution is 2.34. The van der Waals surface area contributed by atoms with Gasteiger partial charge in [-0.25, -0.2) is 0 Å². The highest BCUT2D eigenvalue weighted by atomic mass is 127. The SMILES string of the molecule is CN=C(NCCN(CC1CC1)C1CC1)N(C)CCOCC1CC1.I. The van der Waals surface area contributed by atoms with Gasteiger partial charge in [-0.2, -0.15) is 0 Å². The van der Waals surface area contributed by atoms with Crippen LogP contribution in [0, 0.1) is 11.8 Å². The van der Waals surface area contributed by atoms with Crippen LogP contribution in [-0.4, -0.2) is 75.3 Å². The lowest BCUT2D eigenvalue weighted by atomic mass is 10.3. The number of aliphatic imine (C=N–C) groups is 1. The highest BCUT2D eigenvalue weighted by Gasteiger charge is 2.33. The minimum Gasteiger partial charge on any atom is -0.379 e. The molecule has 3 aliphatic carbocycles. The molecule has 3 aliphatic rings. The van der Waals surface area contributed by atoms with E-state index in [9.17, 15) is 0 Å². The molecule has 0 bridgehead atoms. The Morgan fingerprint density at radius 3 is 2.38 bits per heavy atom. The van der Waals surface area contributed by atoms with Crippen LogP contribution in [0.4, 0.5) is 0 Å². The molecular formula is C18H35IN4O. The smallest absolute Gasteiger partial charge is 0.193 e. The number of rotatable bonds is 11. The molecule has 3 fully saturated rings. The van der Waals surface area contributed by atoms with Crippen molar-refractivity contribution in [2.45, 2.75) is 44.6 Å². The second-order valence-electron chi connectivity index (χ2n) is 7.58. The summed E-state index contributed by atoms with van der Waals surface area (Å²) < 4.78 is 5.72. The molecule has 0 radical (unpaired) electrons. The average Bonchev–Trinajstić information content (AvgIpc) is 3.39. The number of nitrogens with zero attached hydrogens (tertiary/aromatic N) is 3. The lowest BCUT2D eigenvalue weighted by Crippen LogP contribution is -2.44. The van der Waals surface area contributed by atoms with E-state index in [1.54, 1.807) is 0 Å². The van der Waals surface area contributed by atoms with Crippen molar-refractivity contribution in [1.29, 1.82) is 0 Å². The van der Waals surface area contributed by atoms with Crippen LogP contribution < -0.4 is 5.32 Å². The fourth-order valence-electron chi connectivity index (χ4n) is 3.03. The molecule has 6 heteroatoms. The summed E-state index contributed by atoms with van der Waals surface area (Å²) in [4.78, 5) is 9.27. The van der Waals surface area contributed by atoms with E-state index < -0.39 is 0 Å². The normalized spacial score (nSPS) is 20.9. The molecule has 0 saturated heterocycles. The van der Waals surface area contributed by atoms with Crippen LogP contribution in [0.5, 0.6) is 0 Å². The number of guanidine groups is 1. The minimum atomic E-state index is 0. The highest BCUT2D eigenvalue weighted by molar-refractivity contribution is 14.0. The minimum absolute atomic E-state index is 0. The summed E-state index contributed by atoms with van der Waals surface area (Å²) in [5, 5.41) is 3.52. The van der Waals surface area contributed by atoms with Gasteiger partial charge in [0, 0.05) is 52.9 Å². The van der Waals surface area contributed by atoms with Crippen molar-refractivity contribution in [2.75, 3.05) is 53.5 Å². The number of hydrogen-bond donors (Lipinski definition) is 1. The molecule has 3 saturated carbocycles. The van der Waals surface area contributed by atoms with Crippen LogP contribution in [0.15, 0.2) is 4.99 Å². The zero-order valence-electron chi connectivity index (χ0n) is 15.4. The van der Waals surface area contributed by atoms with Crippen LogP contribution in [0.2, 0.25) is 0 Å². The quantitative estimate of drug-likeness (QED) is 0.227. The number of nitrogens with one attached hydrogen (secondary N) is 1. The van der Waals surface area contributed by atoms with Crippen LogP contribution in [-0.2, 0) is 4.74 Å². The second kappa shape index (κ2) is 10.2. The Hall–Kier alpha value is -0.0800. The summed E-state index contributed by atoms with van der Waals surface area (Å²) in [7, 11) is 3.96. The Kier molecular flexibility index (Phi) is 8.57. The van der Waals surface area contributed by atoms with E-state index in [1.165, 1.54) is 45.1 Å². The van der Waals surface area contributed by atoms with Crippen molar-refractivity contribution < 1.29 is 4.74 Å². The maximum absolute atomic E-state index is 5.72. The monoisotopic (exact) mass is 450 g/mol. The van der Waals surface area contributed by atoms with E-state index in [0.29, 0.717) is 0 Å². The van der Waals surface area contributed by atoms with Crippen molar-refractivity contribution in [3.05, 3.63) is 0 Å². The van der Waals surface area contributed by atoms with Gasteiger partial charge in [0.05, 0.1) is 6.61 Å². The standard InChI is InChI=1S/C18H34N4O.HI/c1-19-18(21(2)11-12-23-14-16-5-6-16)20-9-10-22(17-7-8-17)13-15-3-4-15;/h15-17H,3-14H2,1-2H3,(H,19,20);1H. The van der Waals surface area contributed by atoms with E-state index >= 15 is 0 Å². The zero-order valence-corrected chi connectivity index (χ0v) is 17.7. The predicted octanol–water partition coefficient (Wildman–Crippen LogP) is 2.41. The lowest BCUT2D eigenvalue weighted by molar-refractivity contribution is 0.115. The molecule has 0 aliphatic heterocycles. The van der Waals surface area contributed by atoms with Gasteiger partial charge in [0.2, 0.25) is 0 Å². The maximum Gasteiger partial charge on any atom is 0.193 e. The zero-order chi connectivity index (χ0) is 16.1. The molecule has 0 aromatic heterocycles. The van der Waals surface area contributed by atoms with Crippen molar-refractivity contribution >= 4 is 29.9 Å². The summed E-state index contributed by atoms with van der Waals surface area (Å²) in [6.45, 7) is 6.09. The van der Waals surface area contributed by atoms with Crippen LogP contribution in [0.1, 0.15) is 38.5 Å². The second-order valence-corrected chi connectivity index (χ2v) is 7.58. The topological polar surface area (TPSA) is 40.1 Å². The average molecular weight is 450 g/mol. The third-order valence-corrected chi connectivity index (χ3v) is 5.13. The number of likely N-dealkylation sites (N-methyl/N-ethyl adjacent to an activating group) is 1. The van der Waals surface area contributed by atoms with Gasteiger partial charge in [0.15, 0.2) is 5.96 Å². The Labute approximate surface area is 164 Å². The van der Waals surface area contributed by atoms with Gasteiger partial charge in [0.1, 0.15) is 0 Å². The molecule has 0 spiro atoms. The molecule has 0 heterocycles. The van der Waals surface area contributed by atoms with Gasteiger partial charge in [-0.1, -0.05) is 0 Å². The van der Waals surface area contributed by atoms with Crippen molar-refractivity contribution in [1.82, 2.24) is 15.1 Å². The fraction of sp³-hybridized carbons (Fsp3) is 0.944. The number of ether oxygens (including phenoxy) is 1. The van der Waals surface area contributed by atoms with Crippen molar-refractivity contribution in [2.24, 2.45) is 16.8 Å². The molecule has 0 aromatic carbocycles. The van der Waals surface area contributed by atoms with Gasteiger partial charge in [0.25, 0.3) is 0 Å². The van der Waals surface area contributed by atoms with E-state index in [1.807, 2.05) is 7.05 Å². The van der Waals surface area contributed by atoms with Crippen LogP contribution in [0.25, 0.3) is 0 Å². The molecule has 140 valence electrons. The first-order chi connectivity index (χ1) is 11.3. The molecular weight excluding hydrogens is 415 g/mol. The van der Waals surface area contributed by atoms with Gasteiger partial charge in [-0.05, 0) is 50.4 Å². The Morgan fingerprint density at radius 1 is 1.08 bits per heavy atom. The summed E-state index contributed by atoms with van der Waals surface area (Å²) in [5.41, 5.74) is 0. The van der Waals surface area contributed by atoms with Crippen molar-refractivity contribution in [3.8, 4) is 0 Å². The van der Waals surface area contributed by atoms with Gasteiger partial charge in [-0.3, -0.25) is 9.89 Å². The molecule has 0 aromatic rings. The van der Waals surface area contributed by atoms with E-state index in [-0.39, 0.29) is 24.0 Å². The molecule has 0 unspecified atom stereocenters.